The Morgan fingerprint density at radius 3 is 2.47 bits per heavy atom. The lowest BCUT2D eigenvalue weighted by Crippen LogP contribution is -2.42. The first-order valence-corrected chi connectivity index (χ1v) is 11.5. The molecular weight excluding hydrogens is 434 g/mol. The minimum atomic E-state index is -0.641. The normalized spacial score (nSPS) is 14.0. The van der Waals surface area contributed by atoms with Crippen molar-refractivity contribution in [3.05, 3.63) is 59.5 Å². The van der Waals surface area contributed by atoms with Crippen LogP contribution in [0.3, 0.4) is 0 Å². The standard InChI is InChI=1S/C26H29N3O5/c1-17-27-25(28-34-17)21-15-22(32-3)23(33-16-18-10-6-4-7-11-18)14-20(21)24(30)26(31)29(2)19-12-8-5-9-13-19/h4,6-7,10-11,14-15,19H,5,8-9,12-13,16H2,1-3H3. The Labute approximate surface area is 198 Å². The first-order valence-electron chi connectivity index (χ1n) is 11.5. The molecule has 8 nitrogen and oxygen atoms in total. The van der Waals surface area contributed by atoms with Gasteiger partial charge in [-0.05, 0) is 30.5 Å². The zero-order valence-corrected chi connectivity index (χ0v) is 19.7. The molecule has 1 fully saturated rings. The summed E-state index contributed by atoms with van der Waals surface area (Å²) in [6, 6.07) is 12.9. The van der Waals surface area contributed by atoms with E-state index in [0.29, 0.717) is 23.0 Å². The SMILES string of the molecule is COc1cc(-c2noc(C)n2)c(C(=O)C(=O)N(C)C2CCCCC2)cc1OCc1ccccc1. The third kappa shape index (κ3) is 5.11. The van der Waals surface area contributed by atoms with Crippen molar-refractivity contribution in [2.24, 2.45) is 0 Å². The predicted octanol–water partition coefficient (Wildman–Crippen LogP) is 4.61. The molecule has 34 heavy (non-hydrogen) atoms. The van der Waals surface area contributed by atoms with E-state index in [1.54, 1.807) is 24.9 Å². The lowest BCUT2D eigenvalue weighted by molar-refractivity contribution is -0.127. The van der Waals surface area contributed by atoms with Crippen molar-refractivity contribution in [2.45, 2.75) is 51.7 Å². The van der Waals surface area contributed by atoms with Gasteiger partial charge in [-0.1, -0.05) is 54.8 Å². The van der Waals surface area contributed by atoms with E-state index in [1.807, 2.05) is 30.3 Å². The number of carbonyl (C=O) groups is 2. The minimum absolute atomic E-state index is 0.0631. The maximum Gasteiger partial charge on any atom is 0.294 e. The first kappa shape index (κ1) is 23.5. The molecule has 178 valence electrons. The number of carbonyl (C=O) groups excluding carboxylic acids is 2. The third-order valence-corrected chi connectivity index (χ3v) is 6.19. The van der Waals surface area contributed by atoms with E-state index in [9.17, 15) is 9.59 Å². The smallest absolute Gasteiger partial charge is 0.294 e. The average molecular weight is 464 g/mol. The Bertz CT molecular complexity index is 1150. The number of benzene rings is 2. The summed E-state index contributed by atoms with van der Waals surface area (Å²) in [4.78, 5) is 32.5. The lowest BCUT2D eigenvalue weighted by atomic mass is 9.93. The van der Waals surface area contributed by atoms with Gasteiger partial charge >= 0.3 is 0 Å². The molecule has 0 radical (unpaired) electrons. The van der Waals surface area contributed by atoms with Gasteiger partial charge in [0.2, 0.25) is 11.7 Å². The Morgan fingerprint density at radius 1 is 1.09 bits per heavy atom. The molecule has 1 aromatic heterocycles. The number of aryl methyl sites for hydroxylation is 1. The molecule has 0 saturated heterocycles. The topological polar surface area (TPSA) is 94.8 Å². The molecule has 0 N–H and O–H groups in total. The number of likely N-dealkylation sites (N-methyl/N-ethyl adjacent to an activating group) is 1. The van der Waals surface area contributed by atoms with Crippen LogP contribution in [0.4, 0.5) is 0 Å². The highest BCUT2D eigenvalue weighted by atomic mass is 16.5. The Morgan fingerprint density at radius 2 is 1.82 bits per heavy atom. The monoisotopic (exact) mass is 463 g/mol. The molecule has 1 saturated carbocycles. The van der Waals surface area contributed by atoms with E-state index in [-0.39, 0.29) is 24.0 Å². The number of nitrogens with zero attached hydrogens (tertiary/aromatic N) is 3. The van der Waals surface area contributed by atoms with Gasteiger partial charge in [0, 0.05) is 31.1 Å². The number of Topliss-reactive ketones (excluding diaryl/α,β-unsaturated/α-hetero) is 1. The van der Waals surface area contributed by atoms with Crippen LogP contribution >= 0.6 is 0 Å². The Balaban J connectivity index is 1.70. The number of hydrogen-bond donors (Lipinski definition) is 0. The zero-order valence-electron chi connectivity index (χ0n) is 19.7. The maximum atomic E-state index is 13.5. The number of methoxy groups -OCH3 is 1. The molecule has 2 aromatic carbocycles. The quantitative estimate of drug-likeness (QED) is 0.356. The summed E-state index contributed by atoms with van der Waals surface area (Å²) in [7, 11) is 3.21. The van der Waals surface area contributed by atoms with Crippen LogP contribution in [0.1, 0.15) is 53.9 Å². The highest BCUT2D eigenvalue weighted by Crippen LogP contribution is 2.36. The van der Waals surface area contributed by atoms with Gasteiger partial charge in [-0.15, -0.1) is 0 Å². The summed E-state index contributed by atoms with van der Waals surface area (Å²) in [5.74, 6) is 0.111. The molecule has 1 heterocycles. The van der Waals surface area contributed by atoms with Crippen molar-refractivity contribution < 1.29 is 23.6 Å². The molecule has 1 aliphatic rings. The summed E-state index contributed by atoms with van der Waals surface area (Å²) in [5.41, 5.74) is 1.47. The van der Waals surface area contributed by atoms with Crippen molar-refractivity contribution in [3.63, 3.8) is 0 Å². The van der Waals surface area contributed by atoms with Crippen LogP contribution in [0.25, 0.3) is 11.4 Å². The highest BCUT2D eigenvalue weighted by molar-refractivity contribution is 6.44. The second-order valence-electron chi connectivity index (χ2n) is 8.50. The molecular formula is C26H29N3O5. The summed E-state index contributed by atoms with van der Waals surface area (Å²) >= 11 is 0. The molecule has 0 unspecified atom stereocenters. The fraction of sp³-hybridized carbons (Fsp3) is 0.385. The summed E-state index contributed by atoms with van der Waals surface area (Å²) in [6.45, 7) is 1.94. The van der Waals surface area contributed by atoms with Crippen molar-refractivity contribution in [1.82, 2.24) is 15.0 Å². The van der Waals surface area contributed by atoms with E-state index in [1.165, 1.54) is 13.2 Å². The molecule has 1 amide bonds. The van der Waals surface area contributed by atoms with Crippen LogP contribution in [0.2, 0.25) is 0 Å². The molecule has 0 aliphatic heterocycles. The van der Waals surface area contributed by atoms with E-state index < -0.39 is 11.7 Å². The van der Waals surface area contributed by atoms with E-state index in [2.05, 4.69) is 10.1 Å². The number of aromatic nitrogens is 2. The molecule has 0 bridgehead atoms. The van der Waals surface area contributed by atoms with Crippen LogP contribution in [-0.2, 0) is 11.4 Å². The first-order chi connectivity index (χ1) is 16.5. The zero-order chi connectivity index (χ0) is 24.1. The van der Waals surface area contributed by atoms with Crippen LogP contribution in [0.15, 0.2) is 47.0 Å². The fourth-order valence-corrected chi connectivity index (χ4v) is 4.26. The molecule has 0 atom stereocenters. The van der Waals surface area contributed by atoms with Crippen LogP contribution in [-0.4, -0.2) is 46.9 Å². The van der Waals surface area contributed by atoms with Gasteiger partial charge in [0.25, 0.3) is 11.7 Å². The molecule has 4 rings (SSSR count). The molecule has 3 aromatic rings. The van der Waals surface area contributed by atoms with Crippen molar-refractivity contribution in [2.75, 3.05) is 14.2 Å². The number of ether oxygens (including phenoxy) is 2. The van der Waals surface area contributed by atoms with Crippen molar-refractivity contribution in [1.29, 1.82) is 0 Å². The number of hydrogen-bond acceptors (Lipinski definition) is 7. The third-order valence-electron chi connectivity index (χ3n) is 6.19. The van der Waals surface area contributed by atoms with Gasteiger partial charge in [-0.25, -0.2) is 0 Å². The van der Waals surface area contributed by atoms with Gasteiger partial charge < -0.3 is 18.9 Å². The molecule has 1 aliphatic carbocycles. The van der Waals surface area contributed by atoms with Gasteiger partial charge in [0.05, 0.1) is 7.11 Å². The van der Waals surface area contributed by atoms with E-state index in [4.69, 9.17) is 14.0 Å². The highest BCUT2D eigenvalue weighted by Gasteiger charge is 2.31. The van der Waals surface area contributed by atoms with E-state index >= 15 is 0 Å². The van der Waals surface area contributed by atoms with Crippen molar-refractivity contribution in [3.8, 4) is 22.9 Å². The fourth-order valence-electron chi connectivity index (χ4n) is 4.26. The summed E-state index contributed by atoms with van der Waals surface area (Å²) in [6.07, 6.45) is 5.09. The van der Waals surface area contributed by atoms with Crippen LogP contribution in [0, 0.1) is 6.92 Å². The number of rotatable bonds is 8. The number of amides is 1. The summed E-state index contributed by atoms with van der Waals surface area (Å²) < 4.78 is 16.6. The maximum absolute atomic E-state index is 13.5. The second kappa shape index (κ2) is 10.5. The minimum Gasteiger partial charge on any atom is -0.493 e. The largest absolute Gasteiger partial charge is 0.493 e. The Hall–Kier alpha value is -3.68. The van der Waals surface area contributed by atoms with Gasteiger partial charge in [0.1, 0.15) is 6.61 Å². The van der Waals surface area contributed by atoms with Crippen molar-refractivity contribution >= 4 is 11.7 Å². The lowest BCUT2D eigenvalue weighted by Gasteiger charge is -2.30. The number of ketones is 1. The van der Waals surface area contributed by atoms with Gasteiger partial charge in [-0.2, -0.15) is 4.98 Å². The molecule has 0 spiro atoms. The van der Waals surface area contributed by atoms with E-state index in [0.717, 1.165) is 37.7 Å². The summed E-state index contributed by atoms with van der Waals surface area (Å²) in [5, 5.41) is 3.96. The van der Waals surface area contributed by atoms with Crippen LogP contribution < -0.4 is 9.47 Å². The second-order valence-corrected chi connectivity index (χ2v) is 8.50. The predicted molar refractivity (Wildman–Crippen MR) is 126 cm³/mol. The van der Waals surface area contributed by atoms with Crippen LogP contribution in [0.5, 0.6) is 11.5 Å². The molecule has 8 heteroatoms. The van der Waals surface area contributed by atoms with Gasteiger partial charge in [-0.3, -0.25) is 9.59 Å². The van der Waals surface area contributed by atoms with Gasteiger partial charge in [0.15, 0.2) is 11.5 Å². The Kier molecular flexibility index (Phi) is 7.25. The average Bonchev–Trinajstić information content (AvgIpc) is 3.32.